The number of ether oxygens (including phenoxy) is 1. The summed E-state index contributed by atoms with van der Waals surface area (Å²) in [4.78, 5) is 22.8. The fourth-order valence-electron chi connectivity index (χ4n) is 2.42. The van der Waals surface area contributed by atoms with E-state index in [4.69, 9.17) is 16.3 Å². The first-order valence-corrected chi connectivity index (χ1v) is 8.43. The Labute approximate surface area is 160 Å². The molecule has 0 aliphatic carbocycles. The van der Waals surface area contributed by atoms with E-state index in [0.29, 0.717) is 18.0 Å². The Kier molecular flexibility index (Phi) is 5.68. The molecule has 3 aromatic carbocycles. The molecule has 27 heavy (non-hydrogen) atoms. The fraction of sp³-hybridized carbons (Fsp3) is 0.0500. The van der Waals surface area contributed by atoms with E-state index < -0.39 is 10.8 Å². The Bertz CT molecular complexity index is 959. The van der Waals surface area contributed by atoms with E-state index in [2.05, 4.69) is 5.32 Å². The van der Waals surface area contributed by atoms with Gasteiger partial charge in [-0.15, -0.1) is 0 Å². The first kappa shape index (κ1) is 18.4. The topological polar surface area (TPSA) is 81.5 Å². The van der Waals surface area contributed by atoms with Crippen LogP contribution in [0.3, 0.4) is 0 Å². The Morgan fingerprint density at radius 3 is 2.41 bits per heavy atom. The third-order valence-electron chi connectivity index (χ3n) is 3.76. The van der Waals surface area contributed by atoms with Crippen LogP contribution < -0.4 is 10.1 Å². The number of carbonyl (C=O) groups is 1. The normalized spacial score (nSPS) is 10.3. The molecule has 0 aromatic heterocycles. The number of nitro groups is 1. The summed E-state index contributed by atoms with van der Waals surface area (Å²) >= 11 is 5.77. The largest absolute Gasteiger partial charge is 0.489 e. The molecular formula is C20H15ClN2O4. The van der Waals surface area contributed by atoms with Crippen LogP contribution in [0.4, 0.5) is 11.4 Å². The van der Waals surface area contributed by atoms with Crippen molar-refractivity contribution in [3.8, 4) is 5.75 Å². The van der Waals surface area contributed by atoms with Crippen LogP contribution in [0.15, 0.2) is 72.8 Å². The molecule has 0 aliphatic rings. The van der Waals surface area contributed by atoms with Gasteiger partial charge in [0.25, 0.3) is 11.6 Å². The molecule has 0 radical (unpaired) electrons. The van der Waals surface area contributed by atoms with Gasteiger partial charge in [0.1, 0.15) is 17.9 Å². The van der Waals surface area contributed by atoms with Crippen molar-refractivity contribution in [2.24, 2.45) is 0 Å². The molecule has 0 bridgehead atoms. The van der Waals surface area contributed by atoms with Crippen molar-refractivity contribution in [3.05, 3.63) is 99.1 Å². The highest BCUT2D eigenvalue weighted by molar-refractivity contribution is 6.31. The van der Waals surface area contributed by atoms with Gasteiger partial charge in [-0.2, -0.15) is 0 Å². The Morgan fingerprint density at radius 2 is 1.74 bits per heavy atom. The predicted octanol–water partition coefficient (Wildman–Crippen LogP) is 5.08. The number of hydrogen-bond acceptors (Lipinski definition) is 4. The molecule has 1 amide bonds. The van der Waals surface area contributed by atoms with Crippen LogP contribution in [-0.4, -0.2) is 10.8 Å². The number of hydrogen-bond donors (Lipinski definition) is 1. The number of nitrogens with zero attached hydrogens (tertiary/aromatic N) is 1. The number of benzene rings is 3. The SMILES string of the molecule is O=C(Nc1ccc(OCc2ccccc2)cc1)c1ccc(Cl)cc1[N+](=O)[O-]. The van der Waals surface area contributed by atoms with Crippen molar-refractivity contribution in [2.45, 2.75) is 6.61 Å². The van der Waals surface area contributed by atoms with E-state index in [0.717, 1.165) is 11.6 Å². The smallest absolute Gasteiger partial charge is 0.283 e. The number of carbonyl (C=O) groups excluding carboxylic acids is 1. The Morgan fingerprint density at radius 1 is 1.04 bits per heavy atom. The molecule has 3 aromatic rings. The summed E-state index contributed by atoms with van der Waals surface area (Å²) in [6, 6.07) is 20.4. The average molecular weight is 383 g/mol. The average Bonchev–Trinajstić information content (AvgIpc) is 2.68. The molecule has 1 N–H and O–H groups in total. The van der Waals surface area contributed by atoms with Crippen LogP contribution in [-0.2, 0) is 6.61 Å². The summed E-state index contributed by atoms with van der Waals surface area (Å²) in [6.45, 7) is 0.434. The van der Waals surface area contributed by atoms with E-state index in [9.17, 15) is 14.9 Å². The minimum Gasteiger partial charge on any atom is -0.489 e. The zero-order valence-electron chi connectivity index (χ0n) is 14.1. The quantitative estimate of drug-likeness (QED) is 0.476. The molecule has 0 unspecified atom stereocenters. The number of nitro benzene ring substituents is 1. The van der Waals surface area contributed by atoms with E-state index in [1.54, 1.807) is 24.3 Å². The minimum absolute atomic E-state index is 0.0613. The highest BCUT2D eigenvalue weighted by atomic mass is 35.5. The maximum Gasteiger partial charge on any atom is 0.283 e. The molecule has 0 atom stereocenters. The number of anilines is 1. The van der Waals surface area contributed by atoms with Crippen molar-refractivity contribution in [1.82, 2.24) is 0 Å². The molecule has 0 saturated carbocycles. The Balaban J connectivity index is 1.66. The van der Waals surface area contributed by atoms with Gasteiger partial charge in [0.2, 0.25) is 0 Å². The summed E-state index contributed by atoms with van der Waals surface area (Å²) in [6.07, 6.45) is 0. The van der Waals surface area contributed by atoms with Gasteiger partial charge in [0.05, 0.1) is 4.92 Å². The number of amides is 1. The lowest BCUT2D eigenvalue weighted by Crippen LogP contribution is -2.13. The predicted molar refractivity (Wildman–Crippen MR) is 103 cm³/mol. The zero-order chi connectivity index (χ0) is 19.2. The summed E-state index contributed by atoms with van der Waals surface area (Å²) in [5.74, 6) is 0.0608. The summed E-state index contributed by atoms with van der Waals surface area (Å²) in [5, 5.41) is 13.9. The van der Waals surface area contributed by atoms with Gasteiger partial charge in [0, 0.05) is 16.8 Å². The first-order valence-electron chi connectivity index (χ1n) is 8.05. The zero-order valence-corrected chi connectivity index (χ0v) is 14.8. The van der Waals surface area contributed by atoms with Gasteiger partial charge < -0.3 is 10.1 Å². The maximum absolute atomic E-state index is 12.4. The molecule has 136 valence electrons. The third kappa shape index (κ3) is 4.83. The lowest BCUT2D eigenvalue weighted by Gasteiger charge is -2.09. The van der Waals surface area contributed by atoms with Crippen LogP contribution in [0, 0.1) is 10.1 Å². The molecular weight excluding hydrogens is 368 g/mol. The summed E-state index contributed by atoms with van der Waals surface area (Å²) in [5.41, 5.74) is 1.14. The van der Waals surface area contributed by atoms with Crippen LogP contribution in [0.25, 0.3) is 0 Å². The highest BCUT2D eigenvalue weighted by Crippen LogP contribution is 2.25. The second kappa shape index (κ2) is 8.33. The van der Waals surface area contributed by atoms with Crippen molar-refractivity contribution in [3.63, 3.8) is 0 Å². The molecule has 0 fully saturated rings. The van der Waals surface area contributed by atoms with Crippen LogP contribution in [0.2, 0.25) is 5.02 Å². The molecule has 0 aliphatic heterocycles. The minimum atomic E-state index is -0.638. The maximum atomic E-state index is 12.4. The van der Waals surface area contributed by atoms with Crippen LogP contribution in [0.5, 0.6) is 5.75 Å². The number of halogens is 1. The van der Waals surface area contributed by atoms with Gasteiger partial charge in [-0.05, 0) is 42.0 Å². The monoisotopic (exact) mass is 382 g/mol. The molecule has 6 nitrogen and oxygen atoms in total. The molecule has 7 heteroatoms. The standard InChI is InChI=1S/C20H15ClN2O4/c21-15-6-11-18(19(12-15)23(25)26)20(24)22-16-7-9-17(10-8-16)27-13-14-4-2-1-3-5-14/h1-12H,13H2,(H,22,24). The van der Waals surface area contributed by atoms with Gasteiger partial charge in [-0.1, -0.05) is 41.9 Å². The van der Waals surface area contributed by atoms with Crippen LogP contribution in [0.1, 0.15) is 15.9 Å². The lowest BCUT2D eigenvalue weighted by molar-refractivity contribution is -0.385. The van der Waals surface area contributed by atoms with E-state index in [1.807, 2.05) is 30.3 Å². The van der Waals surface area contributed by atoms with Crippen molar-refractivity contribution >= 4 is 28.9 Å². The third-order valence-corrected chi connectivity index (χ3v) is 4.00. The van der Waals surface area contributed by atoms with Crippen molar-refractivity contribution in [2.75, 3.05) is 5.32 Å². The van der Waals surface area contributed by atoms with E-state index in [1.165, 1.54) is 12.1 Å². The molecule has 0 spiro atoms. The lowest BCUT2D eigenvalue weighted by atomic mass is 10.1. The second-order valence-electron chi connectivity index (χ2n) is 5.67. The van der Waals surface area contributed by atoms with Gasteiger partial charge in [-0.25, -0.2) is 0 Å². The van der Waals surface area contributed by atoms with Gasteiger partial charge >= 0.3 is 0 Å². The van der Waals surface area contributed by atoms with Crippen molar-refractivity contribution < 1.29 is 14.5 Å². The number of nitrogens with one attached hydrogen (secondary N) is 1. The van der Waals surface area contributed by atoms with E-state index in [-0.39, 0.29) is 16.3 Å². The summed E-state index contributed by atoms with van der Waals surface area (Å²) < 4.78 is 5.68. The highest BCUT2D eigenvalue weighted by Gasteiger charge is 2.20. The second-order valence-corrected chi connectivity index (χ2v) is 6.11. The molecule has 0 saturated heterocycles. The van der Waals surface area contributed by atoms with E-state index >= 15 is 0 Å². The van der Waals surface area contributed by atoms with Gasteiger partial charge in [-0.3, -0.25) is 14.9 Å². The molecule has 3 rings (SSSR count). The summed E-state index contributed by atoms with van der Waals surface area (Å²) in [7, 11) is 0. The fourth-order valence-corrected chi connectivity index (χ4v) is 2.59. The number of rotatable bonds is 6. The Hall–Kier alpha value is -3.38. The van der Waals surface area contributed by atoms with Crippen LogP contribution >= 0.6 is 11.6 Å². The van der Waals surface area contributed by atoms with Gasteiger partial charge in [0.15, 0.2) is 0 Å². The van der Waals surface area contributed by atoms with Crippen molar-refractivity contribution in [1.29, 1.82) is 0 Å². The molecule has 0 heterocycles. The first-order chi connectivity index (χ1) is 13.0.